The number of aryl methyl sites for hydroxylation is 2. The highest BCUT2D eigenvalue weighted by molar-refractivity contribution is 5.85. The Bertz CT molecular complexity index is 746. The minimum atomic E-state index is -0.0267. The van der Waals surface area contributed by atoms with Crippen molar-refractivity contribution in [3.8, 4) is 11.3 Å². The molecule has 1 aromatic carbocycles. The van der Waals surface area contributed by atoms with Crippen molar-refractivity contribution >= 4 is 10.9 Å². The number of hydrogen-bond acceptors (Lipinski definition) is 3. The molecule has 0 saturated heterocycles. The highest BCUT2D eigenvalue weighted by Gasteiger charge is 2.11. The summed E-state index contributed by atoms with van der Waals surface area (Å²) in [6, 6.07) is 8.06. The van der Waals surface area contributed by atoms with Crippen molar-refractivity contribution < 1.29 is 5.11 Å². The first-order valence-electron chi connectivity index (χ1n) is 6.18. The number of nitrogens with zero attached hydrogens (tertiary/aromatic N) is 3. The fraction of sp³-hybridized carbons (Fsp3) is 0.200. The molecule has 0 unspecified atom stereocenters. The van der Waals surface area contributed by atoms with E-state index in [0.717, 1.165) is 33.3 Å². The van der Waals surface area contributed by atoms with Gasteiger partial charge in [-0.3, -0.25) is 4.68 Å². The molecular weight excluding hydrogens is 238 g/mol. The second-order valence-electron chi connectivity index (χ2n) is 4.70. The maximum Gasteiger partial charge on any atom is 0.0796 e. The maximum atomic E-state index is 9.55. The van der Waals surface area contributed by atoms with E-state index in [0.29, 0.717) is 0 Å². The number of para-hydroxylation sites is 1. The molecular formula is C15H15N3O. The minimum Gasteiger partial charge on any atom is -0.392 e. The zero-order valence-corrected chi connectivity index (χ0v) is 11.0. The van der Waals surface area contributed by atoms with Gasteiger partial charge in [-0.15, -0.1) is 0 Å². The molecule has 0 aliphatic carbocycles. The van der Waals surface area contributed by atoms with Gasteiger partial charge < -0.3 is 5.11 Å². The quantitative estimate of drug-likeness (QED) is 0.763. The van der Waals surface area contributed by atoms with E-state index in [1.165, 1.54) is 0 Å². The lowest BCUT2D eigenvalue weighted by atomic mass is 10.0. The lowest BCUT2D eigenvalue weighted by Gasteiger charge is -2.08. The van der Waals surface area contributed by atoms with Gasteiger partial charge in [-0.1, -0.05) is 18.2 Å². The molecule has 2 aromatic heterocycles. The van der Waals surface area contributed by atoms with Gasteiger partial charge in [0.1, 0.15) is 0 Å². The smallest absolute Gasteiger partial charge is 0.0796 e. The Morgan fingerprint density at radius 1 is 1.32 bits per heavy atom. The second kappa shape index (κ2) is 4.48. The average molecular weight is 253 g/mol. The highest BCUT2D eigenvalue weighted by Crippen LogP contribution is 2.26. The third kappa shape index (κ3) is 2.00. The predicted octanol–water partition coefficient (Wildman–Crippen LogP) is 2.44. The monoisotopic (exact) mass is 253 g/mol. The van der Waals surface area contributed by atoms with Crippen LogP contribution in [0.4, 0.5) is 0 Å². The molecule has 0 bridgehead atoms. The third-order valence-electron chi connectivity index (χ3n) is 3.28. The van der Waals surface area contributed by atoms with Gasteiger partial charge in [0.2, 0.25) is 0 Å². The molecule has 0 spiro atoms. The normalized spacial score (nSPS) is 11.1. The summed E-state index contributed by atoms with van der Waals surface area (Å²) in [5.41, 5.74) is 4.66. The number of aromatic nitrogens is 3. The molecule has 96 valence electrons. The van der Waals surface area contributed by atoms with E-state index in [4.69, 9.17) is 4.98 Å². The van der Waals surface area contributed by atoms with Crippen LogP contribution in [0.15, 0.2) is 36.7 Å². The SMILES string of the molecule is Cc1cccc2cc(CO)c(-c3cnn(C)c3)nc12. The molecule has 0 amide bonds. The molecule has 3 rings (SSSR count). The van der Waals surface area contributed by atoms with Gasteiger partial charge >= 0.3 is 0 Å². The molecule has 4 nitrogen and oxygen atoms in total. The zero-order chi connectivity index (χ0) is 13.4. The number of aliphatic hydroxyl groups is 1. The number of pyridine rings is 1. The first-order valence-corrected chi connectivity index (χ1v) is 6.18. The maximum absolute atomic E-state index is 9.55. The van der Waals surface area contributed by atoms with E-state index >= 15 is 0 Å². The van der Waals surface area contributed by atoms with Crippen LogP contribution in [0.25, 0.3) is 22.2 Å². The van der Waals surface area contributed by atoms with Crippen LogP contribution >= 0.6 is 0 Å². The van der Waals surface area contributed by atoms with Crippen LogP contribution in [0, 0.1) is 6.92 Å². The van der Waals surface area contributed by atoms with Gasteiger partial charge in [0, 0.05) is 29.8 Å². The topological polar surface area (TPSA) is 50.9 Å². The summed E-state index contributed by atoms with van der Waals surface area (Å²) in [5, 5.41) is 14.8. The number of rotatable bonds is 2. The van der Waals surface area contributed by atoms with Gasteiger partial charge in [0.25, 0.3) is 0 Å². The molecule has 19 heavy (non-hydrogen) atoms. The molecule has 2 heterocycles. The van der Waals surface area contributed by atoms with Crippen LogP contribution in [0.5, 0.6) is 0 Å². The van der Waals surface area contributed by atoms with Gasteiger partial charge in [0.05, 0.1) is 24.0 Å². The first-order chi connectivity index (χ1) is 9.19. The van der Waals surface area contributed by atoms with Crippen LogP contribution < -0.4 is 0 Å². The Morgan fingerprint density at radius 3 is 2.84 bits per heavy atom. The Kier molecular flexibility index (Phi) is 2.80. The van der Waals surface area contributed by atoms with Crippen LogP contribution in [0.1, 0.15) is 11.1 Å². The average Bonchev–Trinajstić information content (AvgIpc) is 2.84. The molecule has 1 N–H and O–H groups in total. The lowest BCUT2D eigenvalue weighted by molar-refractivity contribution is 0.282. The van der Waals surface area contributed by atoms with Crippen LogP contribution in [-0.4, -0.2) is 19.9 Å². The Balaban J connectivity index is 2.31. The predicted molar refractivity (Wildman–Crippen MR) is 74.6 cm³/mol. The van der Waals surface area contributed by atoms with Crippen LogP contribution in [0.2, 0.25) is 0 Å². The van der Waals surface area contributed by atoms with Gasteiger partial charge in [0.15, 0.2) is 0 Å². The minimum absolute atomic E-state index is 0.0267. The summed E-state index contributed by atoms with van der Waals surface area (Å²) in [6.07, 6.45) is 3.68. The summed E-state index contributed by atoms with van der Waals surface area (Å²) in [6.45, 7) is 2.02. The van der Waals surface area contributed by atoms with E-state index < -0.39 is 0 Å². The molecule has 0 atom stereocenters. The highest BCUT2D eigenvalue weighted by atomic mass is 16.3. The van der Waals surface area contributed by atoms with Crippen molar-refractivity contribution in [2.45, 2.75) is 13.5 Å². The second-order valence-corrected chi connectivity index (χ2v) is 4.70. The van der Waals surface area contributed by atoms with Crippen molar-refractivity contribution in [2.75, 3.05) is 0 Å². The van der Waals surface area contributed by atoms with E-state index in [1.54, 1.807) is 10.9 Å². The summed E-state index contributed by atoms with van der Waals surface area (Å²) in [4.78, 5) is 4.72. The Hall–Kier alpha value is -2.20. The first kappa shape index (κ1) is 11.9. The van der Waals surface area contributed by atoms with Crippen molar-refractivity contribution in [2.24, 2.45) is 7.05 Å². The fourth-order valence-electron chi connectivity index (χ4n) is 2.30. The van der Waals surface area contributed by atoms with Gasteiger partial charge in [-0.25, -0.2) is 4.98 Å². The molecule has 0 aliphatic rings. The van der Waals surface area contributed by atoms with E-state index in [1.807, 2.05) is 44.4 Å². The third-order valence-corrected chi connectivity index (χ3v) is 3.28. The molecule has 0 saturated carbocycles. The molecule has 4 heteroatoms. The number of fused-ring (bicyclic) bond motifs is 1. The summed E-state index contributed by atoms with van der Waals surface area (Å²) in [5.74, 6) is 0. The fourth-order valence-corrected chi connectivity index (χ4v) is 2.30. The van der Waals surface area contributed by atoms with Gasteiger partial charge in [-0.2, -0.15) is 5.10 Å². The standard InChI is InChI=1S/C15H15N3O/c1-10-4-3-5-11-6-12(9-19)15(17-14(10)11)13-7-16-18(2)8-13/h3-8,19H,9H2,1-2H3. The summed E-state index contributed by atoms with van der Waals surface area (Å²) < 4.78 is 1.74. The van der Waals surface area contributed by atoms with E-state index in [2.05, 4.69) is 5.10 Å². The van der Waals surface area contributed by atoms with E-state index in [9.17, 15) is 5.11 Å². The molecule has 0 fully saturated rings. The number of aliphatic hydroxyl groups excluding tert-OH is 1. The summed E-state index contributed by atoms with van der Waals surface area (Å²) >= 11 is 0. The number of benzene rings is 1. The molecule has 0 aliphatic heterocycles. The van der Waals surface area contributed by atoms with E-state index in [-0.39, 0.29) is 6.61 Å². The van der Waals surface area contributed by atoms with Crippen LogP contribution in [0.3, 0.4) is 0 Å². The van der Waals surface area contributed by atoms with Crippen molar-refractivity contribution in [3.63, 3.8) is 0 Å². The number of hydrogen-bond donors (Lipinski definition) is 1. The zero-order valence-electron chi connectivity index (χ0n) is 11.0. The Morgan fingerprint density at radius 2 is 2.16 bits per heavy atom. The molecule has 0 radical (unpaired) electrons. The largest absolute Gasteiger partial charge is 0.392 e. The molecule has 3 aromatic rings. The van der Waals surface area contributed by atoms with Crippen molar-refractivity contribution in [3.05, 3.63) is 47.8 Å². The van der Waals surface area contributed by atoms with Crippen LogP contribution in [-0.2, 0) is 13.7 Å². The lowest BCUT2D eigenvalue weighted by Crippen LogP contribution is -1.95. The Labute approximate surface area is 111 Å². The van der Waals surface area contributed by atoms with Crippen molar-refractivity contribution in [1.29, 1.82) is 0 Å². The summed E-state index contributed by atoms with van der Waals surface area (Å²) in [7, 11) is 1.87. The van der Waals surface area contributed by atoms with Gasteiger partial charge in [-0.05, 0) is 18.6 Å². The van der Waals surface area contributed by atoms with Crippen molar-refractivity contribution in [1.82, 2.24) is 14.8 Å².